The first-order valence-corrected chi connectivity index (χ1v) is 8.87. The zero-order valence-corrected chi connectivity index (χ0v) is 15.1. The summed E-state index contributed by atoms with van der Waals surface area (Å²) < 4.78 is 1.83. The molecule has 0 aliphatic heterocycles. The van der Waals surface area contributed by atoms with Crippen LogP contribution in [0.25, 0.3) is 11.4 Å². The van der Waals surface area contributed by atoms with Gasteiger partial charge in [0.15, 0.2) is 16.8 Å². The largest absolute Gasteiger partial charge is 0.305 e. The van der Waals surface area contributed by atoms with Crippen molar-refractivity contribution in [3.63, 3.8) is 0 Å². The van der Waals surface area contributed by atoms with Crippen LogP contribution in [-0.2, 0) is 7.05 Å². The molecule has 0 spiro atoms. The van der Waals surface area contributed by atoms with Crippen molar-refractivity contribution in [1.29, 1.82) is 0 Å². The van der Waals surface area contributed by atoms with Gasteiger partial charge in [0.1, 0.15) is 0 Å². The Morgan fingerprint density at radius 3 is 2.42 bits per heavy atom. The van der Waals surface area contributed by atoms with Gasteiger partial charge >= 0.3 is 0 Å². The number of nitrogens with zero attached hydrogens (tertiary/aromatic N) is 3. The van der Waals surface area contributed by atoms with Gasteiger partial charge in [-0.05, 0) is 24.3 Å². The van der Waals surface area contributed by atoms with E-state index in [1.54, 1.807) is 30.3 Å². The summed E-state index contributed by atoms with van der Waals surface area (Å²) in [5.74, 6) is 0.847. The van der Waals surface area contributed by atoms with Crippen LogP contribution < -0.4 is 0 Å². The molecule has 0 amide bonds. The molecule has 24 heavy (non-hydrogen) atoms. The molecule has 0 atom stereocenters. The quantitative estimate of drug-likeness (QED) is 0.474. The minimum absolute atomic E-state index is 0.0482. The summed E-state index contributed by atoms with van der Waals surface area (Å²) in [6.45, 7) is 0. The number of aromatic nitrogens is 3. The van der Waals surface area contributed by atoms with E-state index in [0.717, 1.165) is 5.56 Å². The first-order valence-electron chi connectivity index (χ1n) is 7.12. The molecule has 4 nitrogen and oxygen atoms in total. The molecule has 0 N–H and O–H groups in total. The van der Waals surface area contributed by atoms with Gasteiger partial charge in [0.2, 0.25) is 0 Å². The third-order valence-corrected chi connectivity index (χ3v) is 5.14. The lowest BCUT2D eigenvalue weighted by Gasteiger charge is -2.05. The van der Waals surface area contributed by atoms with Gasteiger partial charge in [-0.25, -0.2) is 0 Å². The van der Waals surface area contributed by atoms with E-state index in [1.807, 2.05) is 29.8 Å². The SMILES string of the molecule is Cn1c(SCC(=O)c2ccccc2Cl)nnc1-c1ccccc1Cl. The van der Waals surface area contributed by atoms with E-state index in [1.165, 1.54) is 11.8 Å². The molecule has 0 fully saturated rings. The summed E-state index contributed by atoms with van der Waals surface area (Å²) in [5.41, 5.74) is 1.32. The lowest BCUT2D eigenvalue weighted by atomic mass is 10.1. The molecule has 7 heteroatoms. The Bertz CT molecular complexity index is 895. The van der Waals surface area contributed by atoms with Crippen LogP contribution in [0, 0.1) is 0 Å². The van der Waals surface area contributed by atoms with Crippen LogP contribution in [0.5, 0.6) is 0 Å². The predicted molar refractivity (Wildman–Crippen MR) is 98.0 cm³/mol. The van der Waals surface area contributed by atoms with Crippen molar-refractivity contribution >= 4 is 40.7 Å². The molecule has 0 bridgehead atoms. The van der Waals surface area contributed by atoms with E-state index >= 15 is 0 Å². The summed E-state index contributed by atoms with van der Waals surface area (Å²) in [4.78, 5) is 12.3. The fraction of sp³-hybridized carbons (Fsp3) is 0.118. The first kappa shape index (κ1) is 17.0. The van der Waals surface area contributed by atoms with Gasteiger partial charge < -0.3 is 4.57 Å². The number of hydrogen-bond donors (Lipinski definition) is 0. The zero-order chi connectivity index (χ0) is 17.1. The van der Waals surface area contributed by atoms with Crippen LogP contribution in [0.2, 0.25) is 10.0 Å². The van der Waals surface area contributed by atoms with E-state index < -0.39 is 0 Å². The molecule has 1 aromatic heterocycles. The normalized spacial score (nSPS) is 10.8. The lowest BCUT2D eigenvalue weighted by molar-refractivity contribution is 0.102. The average Bonchev–Trinajstić information content (AvgIpc) is 2.94. The molecule has 0 radical (unpaired) electrons. The summed E-state index contributed by atoms with van der Waals surface area (Å²) in [6.07, 6.45) is 0. The molecule has 3 rings (SSSR count). The van der Waals surface area contributed by atoms with Crippen molar-refractivity contribution in [2.75, 3.05) is 5.75 Å². The molecule has 3 aromatic rings. The van der Waals surface area contributed by atoms with Crippen molar-refractivity contribution in [2.45, 2.75) is 5.16 Å². The molecule has 0 saturated carbocycles. The van der Waals surface area contributed by atoms with Gasteiger partial charge in [-0.1, -0.05) is 59.2 Å². The highest BCUT2D eigenvalue weighted by Gasteiger charge is 2.16. The van der Waals surface area contributed by atoms with Crippen LogP contribution in [0.1, 0.15) is 10.4 Å². The number of thioether (sulfide) groups is 1. The van der Waals surface area contributed by atoms with Crippen molar-refractivity contribution in [2.24, 2.45) is 7.05 Å². The molecular formula is C17H13Cl2N3OS. The summed E-state index contributed by atoms with van der Waals surface area (Å²) in [5, 5.41) is 10.0. The average molecular weight is 378 g/mol. The van der Waals surface area contributed by atoms with Gasteiger partial charge in [-0.2, -0.15) is 0 Å². The van der Waals surface area contributed by atoms with E-state index in [9.17, 15) is 4.79 Å². The Labute approximate surface area is 153 Å². The second-order valence-corrected chi connectivity index (χ2v) is 6.79. The van der Waals surface area contributed by atoms with Crippen LogP contribution in [0.3, 0.4) is 0 Å². The molecule has 0 aliphatic carbocycles. The molecule has 0 unspecified atom stereocenters. The maximum Gasteiger partial charge on any atom is 0.191 e. The third-order valence-electron chi connectivity index (χ3n) is 3.46. The summed E-state index contributed by atoms with van der Waals surface area (Å²) in [7, 11) is 1.85. The van der Waals surface area contributed by atoms with Crippen LogP contribution >= 0.6 is 35.0 Å². The Balaban J connectivity index is 1.77. The van der Waals surface area contributed by atoms with Gasteiger partial charge in [0.25, 0.3) is 0 Å². The minimum atomic E-state index is -0.0482. The number of hydrogen-bond acceptors (Lipinski definition) is 4. The summed E-state index contributed by atoms with van der Waals surface area (Å²) >= 11 is 13.6. The number of benzene rings is 2. The molecule has 2 aromatic carbocycles. The standard InChI is InChI=1S/C17H13Cl2N3OS/c1-22-16(12-7-3-5-9-14(12)19)20-21-17(22)24-10-15(23)11-6-2-4-8-13(11)18/h2-9H,10H2,1H3. The Morgan fingerprint density at radius 1 is 1.04 bits per heavy atom. The molecule has 1 heterocycles. The predicted octanol–water partition coefficient (Wildman–Crippen LogP) is 4.76. The maximum absolute atomic E-state index is 12.3. The van der Waals surface area contributed by atoms with E-state index in [-0.39, 0.29) is 11.5 Å². The molecular weight excluding hydrogens is 365 g/mol. The fourth-order valence-electron chi connectivity index (χ4n) is 2.21. The fourth-order valence-corrected chi connectivity index (χ4v) is 3.47. The van der Waals surface area contributed by atoms with Gasteiger partial charge in [-0.3, -0.25) is 4.79 Å². The van der Waals surface area contributed by atoms with Gasteiger partial charge in [0.05, 0.1) is 15.8 Å². The number of rotatable bonds is 5. The Kier molecular flexibility index (Phi) is 5.23. The molecule has 0 aliphatic rings. The van der Waals surface area contributed by atoms with Gasteiger partial charge in [-0.15, -0.1) is 10.2 Å². The number of carbonyl (C=O) groups is 1. The first-order chi connectivity index (χ1) is 11.6. The van der Waals surface area contributed by atoms with Crippen LogP contribution in [0.15, 0.2) is 53.7 Å². The second-order valence-electron chi connectivity index (χ2n) is 5.04. The van der Waals surface area contributed by atoms with Crippen molar-refractivity contribution < 1.29 is 4.79 Å². The highest BCUT2D eigenvalue weighted by atomic mass is 35.5. The highest BCUT2D eigenvalue weighted by molar-refractivity contribution is 7.99. The minimum Gasteiger partial charge on any atom is -0.305 e. The number of halogens is 2. The summed E-state index contributed by atoms with van der Waals surface area (Å²) in [6, 6.07) is 14.5. The van der Waals surface area contributed by atoms with Crippen LogP contribution in [-0.4, -0.2) is 26.3 Å². The smallest absolute Gasteiger partial charge is 0.191 e. The Hall–Kier alpha value is -1.82. The van der Waals surface area contributed by atoms with E-state index in [0.29, 0.717) is 26.6 Å². The van der Waals surface area contributed by atoms with E-state index in [2.05, 4.69) is 10.2 Å². The van der Waals surface area contributed by atoms with E-state index in [4.69, 9.17) is 23.2 Å². The Morgan fingerprint density at radius 2 is 1.71 bits per heavy atom. The zero-order valence-electron chi connectivity index (χ0n) is 12.7. The number of ketones is 1. The monoisotopic (exact) mass is 377 g/mol. The topological polar surface area (TPSA) is 47.8 Å². The van der Waals surface area contributed by atoms with Crippen molar-refractivity contribution in [1.82, 2.24) is 14.8 Å². The lowest BCUT2D eigenvalue weighted by Crippen LogP contribution is -2.04. The van der Waals surface area contributed by atoms with Crippen LogP contribution in [0.4, 0.5) is 0 Å². The highest BCUT2D eigenvalue weighted by Crippen LogP contribution is 2.28. The number of carbonyl (C=O) groups excluding carboxylic acids is 1. The van der Waals surface area contributed by atoms with Crippen molar-refractivity contribution in [3.8, 4) is 11.4 Å². The third kappa shape index (κ3) is 3.48. The number of Topliss-reactive ketones (excluding diaryl/α,β-unsaturated/α-hetero) is 1. The molecule has 0 saturated heterocycles. The van der Waals surface area contributed by atoms with Crippen molar-refractivity contribution in [3.05, 3.63) is 64.1 Å². The van der Waals surface area contributed by atoms with Gasteiger partial charge in [0, 0.05) is 18.2 Å². The second kappa shape index (κ2) is 7.38. The maximum atomic E-state index is 12.3. The molecule has 122 valence electrons.